The van der Waals surface area contributed by atoms with Crippen LogP contribution in [0.5, 0.6) is 5.88 Å². The van der Waals surface area contributed by atoms with Gasteiger partial charge >= 0.3 is 6.09 Å². The van der Waals surface area contributed by atoms with E-state index in [1.54, 1.807) is 35.3 Å². The molecule has 9 nitrogen and oxygen atoms in total. The number of ether oxygens (including phenoxy) is 2. The van der Waals surface area contributed by atoms with Crippen molar-refractivity contribution < 1.29 is 18.7 Å². The van der Waals surface area contributed by atoms with Gasteiger partial charge in [0.15, 0.2) is 0 Å². The molecule has 2 aliphatic heterocycles. The smallest absolute Gasteiger partial charge is 0.410 e. The second kappa shape index (κ2) is 8.76. The van der Waals surface area contributed by atoms with Crippen LogP contribution in [0.4, 0.5) is 20.7 Å². The van der Waals surface area contributed by atoms with Gasteiger partial charge in [-0.25, -0.2) is 23.8 Å². The number of halogens is 1. The highest BCUT2D eigenvalue weighted by atomic mass is 19.1. The van der Waals surface area contributed by atoms with Crippen LogP contribution >= 0.6 is 0 Å². The fraction of sp³-hybridized carbons (Fsp3) is 0.462. The molecule has 2 atom stereocenters. The van der Waals surface area contributed by atoms with Gasteiger partial charge in [-0.15, -0.1) is 0 Å². The minimum Gasteiger partial charge on any atom is -0.474 e. The number of nitrogens with one attached hydrogen (secondary N) is 1. The van der Waals surface area contributed by atoms with Gasteiger partial charge in [0.1, 0.15) is 29.7 Å². The number of benzene rings is 1. The Morgan fingerprint density at radius 2 is 1.97 bits per heavy atom. The predicted octanol–water partition coefficient (Wildman–Crippen LogP) is 4.92. The van der Waals surface area contributed by atoms with E-state index in [4.69, 9.17) is 9.47 Å². The van der Waals surface area contributed by atoms with E-state index in [9.17, 15) is 9.18 Å². The Bertz CT molecular complexity index is 1260. The van der Waals surface area contributed by atoms with Gasteiger partial charge in [0.25, 0.3) is 0 Å². The molecule has 6 rings (SSSR count). The van der Waals surface area contributed by atoms with E-state index in [1.807, 2.05) is 18.7 Å². The maximum Gasteiger partial charge on any atom is 0.410 e. The van der Waals surface area contributed by atoms with Crippen LogP contribution < -0.4 is 10.1 Å². The largest absolute Gasteiger partial charge is 0.474 e. The highest BCUT2D eigenvalue weighted by molar-refractivity contribution is 5.70. The SMILES string of the molecule is Cc1c(Nc2ccc(-n3cccn3)cc2F)ncnc1OC1CC2CCC(C1)N2C(=O)OC1(C)CC1. The molecule has 188 valence electrons. The summed E-state index contributed by atoms with van der Waals surface area (Å²) in [5.74, 6) is 0.527. The van der Waals surface area contributed by atoms with Gasteiger partial charge in [-0.1, -0.05) is 0 Å². The van der Waals surface area contributed by atoms with E-state index in [-0.39, 0.29) is 29.9 Å². The summed E-state index contributed by atoms with van der Waals surface area (Å²) in [6.45, 7) is 3.84. The molecule has 2 bridgehead atoms. The van der Waals surface area contributed by atoms with Gasteiger partial charge in [-0.05, 0) is 57.7 Å². The fourth-order valence-corrected chi connectivity index (χ4v) is 5.20. The fourth-order valence-electron chi connectivity index (χ4n) is 5.20. The Kier molecular flexibility index (Phi) is 5.54. The van der Waals surface area contributed by atoms with Crippen molar-refractivity contribution in [2.24, 2.45) is 0 Å². The van der Waals surface area contributed by atoms with Crippen molar-refractivity contribution in [3.63, 3.8) is 0 Å². The number of piperidine rings is 1. The van der Waals surface area contributed by atoms with E-state index in [1.165, 1.54) is 12.4 Å². The van der Waals surface area contributed by atoms with Crippen molar-refractivity contribution in [2.45, 2.75) is 76.2 Å². The number of hydrogen-bond donors (Lipinski definition) is 1. The normalized spacial score (nSPS) is 23.9. The third-order valence-corrected chi connectivity index (χ3v) is 7.48. The van der Waals surface area contributed by atoms with Crippen LogP contribution in [0.1, 0.15) is 51.0 Å². The molecule has 1 aliphatic carbocycles. The summed E-state index contributed by atoms with van der Waals surface area (Å²) in [5, 5.41) is 7.20. The predicted molar refractivity (Wildman–Crippen MR) is 130 cm³/mol. The van der Waals surface area contributed by atoms with Crippen LogP contribution in [-0.4, -0.2) is 54.5 Å². The standard InChI is InChI=1S/C26H29FN6O3/c1-16-23(31-22-7-6-17(14-21(22)27)32-11-3-10-30-32)28-15-29-24(16)35-20-12-18-4-5-19(13-20)33(18)25(34)36-26(2)8-9-26/h3,6-7,10-11,14-15,18-20H,4-5,8-9,12-13H2,1-2H3,(H,28,29,31). The molecule has 2 unspecified atom stereocenters. The second-order valence-corrected chi connectivity index (χ2v) is 10.2. The van der Waals surface area contributed by atoms with Gasteiger partial charge < -0.3 is 19.7 Å². The second-order valence-electron chi connectivity index (χ2n) is 10.2. The van der Waals surface area contributed by atoms with E-state index in [0.29, 0.717) is 28.6 Å². The molecule has 1 amide bonds. The molecule has 1 saturated carbocycles. The van der Waals surface area contributed by atoms with Crippen LogP contribution in [0, 0.1) is 12.7 Å². The van der Waals surface area contributed by atoms with E-state index in [2.05, 4.69) is 20.4 Å². The number of carbonyl (C=O) groups is 1. The van der Waals surface area contributed by atoms with Gasteiger partial charge in [0.2, 0.25) is 5.88 Å². The molecule has 0 radical (unpaired) electrons. The van der Waals surface area contributed by atoms with Gasteiger partial charge in [0, 0.05) is 43.4 Å². The zero-order valence-corrected chi connectivity index (χ0v) is 20.4. The van der Waals surface area contributed by atoms with E-state index in [0.717, 1.165) is 38.5 Å². The van der Waals surface area contributed by atoms with Crippen molar-refractivity contribution in [1.29, 1.82) is 0 Å². The van der Waals surface area contributed by atoms with Gasteiger partial charge in [0.05, 0.1) is 16.9 Å². The number of carbonyl (C=O) groups excluding carboxylic acids is 1. The summed E-state index contributed by atoms with van der Waals surface area (Å²) < 4.78 is 28.5. The summed E-state index contributed by atoms with van der Waals surface area (Å²) in [6.07, 6.45) is 9.83. The molecule has 2 saturated heterocycles. The van der Waals surface area contributed by atoms with E-state index >= 15 is 0 Å². The molecule has 3 fully saturated rings. The summed E-state index contributed by atoms with van der Waals surface area (Å²) in [5.41, 5.74) is 1.35. The number of hydrogen-bond acceptors (Lipinski definition) is 7. The zero-order chi connectivity index (χ0) is 24.9. The average Bonchev–Trinajstić information content (AvgIpc) is 3.23. The zero-order valence-electron chi connectivity index (χ0n) is 20.4. The first-order valence-corrected chi connectivity index (χ1v) is 12.4. The molecule has 3 aliphatic rings. The Labute approximate surface area is 208 Å². The first kappa shape index (κ1) is 22.8. The highest BCUT2D eigenvalue weighted by Crippen LogP contribution is 2.43. The molecule has 1 aromatic carbocycles. The number of anilines is 2. The average molecular weight is 493 g/mol. The quantitative estimate of drug-likeness (QED) is 0.522. The molecule has 10 heteroatoms. The molecule has 4 heterocycles. The lowest BCUT2D eigenvalue weighted by Crippen LogP contribution is -2.50. The molecular formula is C26H29FN6O3. The number of fused-ring (bicyclic) bond motifs is 2. The Balaban J connectivity index is 1.13. The Morgan fingerprint density at radius 3 is 2.64 bits per heavy atom. The summed E-state index contributed by atoms with van der Waals surface area (Å²) >= 11 is 0. The topological polar surface area (TPSA) is 94.4 Å². The van der Waals surface area contributed by atoms with Crippen LogP contribution in [0.2, 0.25) is 0 Å². The Morgan fingerprint density at radius 1 is 1.19 bits per heavy atom. The van der Waals surface area contributed by atoms with Crippen LogP contribution in [0.25, 0.3) is 5.69 Å². The third kappa shape index (κ3) is 4.36. The maximum absolute atomic E-state index is 14.8. The van der Waals surface area contributed by atoms with Crippen molar-refractivity contribution >= 4 is 17.6 Å². The minimum absolute atomic E-state index is 0.0606. The number of aromatic nitrogens is 4. The minimum atomic E-state index is -0.417. The first-order chi connectivity index (χ1) is 17.4. The van der Waals surface area contributed by atoms with Crippen LogP contribution in [0.15, 0.2) is 43.0 Å². The summed E-state index contributed by atoms with van der Waals surface area (Å²) in [6, 6.07) is 6.87. The molecule has 0 spiro atoms. The van der Waals surface area contributed by atoms with Gasteiger partial charge in [-0.2, -0.15) is 5.10 Å². The summed E-state index contributed by atoms with van der Waals surface area (Å²) in [7, 11) is 0. The molecule has 3 aromatic rings. The lowest BCUT2D eigenvalue weighted by atomic mass is 10.0. The highest BCUT2D eigenvalue weighted by Gasteiger charge is 2.49. The Hall–Kier alpha value is -3.69. The lowest BCUT2D eigenvalue weighted by molar-refractivity contribution is 0.0115. The van der Waals surface area contributed by atoms with Crippen molar-refractivity contribution in [2.75, 3.05) is 5.32 Å². The van der Waals surface area contributed by atoms with Crippen molar-refractivity contribution in [3.8, 4) is 11.6 Å². The lowest BCUT2D eigenvalue weighted by Gasteiger charge is -2.38. The number of rotatable bonds is 6. The van der Waals surface area contributed by atoms with Crippen molar-refractivity contribution in [1.82, 2.24) is 24.6 Å². The van der Waals surface area contributed by atoms with Crippen LogP contribution in [-0.2, 0) is 4.74 Å². The maximum atomic E-state index is 14.8. The molecule has 36 heavy (non-hydrogen) atoms. The van der Waals surface area contributed by atoms with E-state index < -0.39 is 5.82 Å². The molecular weight excluding hydrogens is 463 g/mol. The number of nitrogens with zero attached hydrogens (tertiary/aromatic N) is 5. The molecule has 2 aromatic heterocycles. The summed E-state index contributed by atoms with van der Waals surface area (Å²) in [4.78, 5) is 23.3. The third-order valence-electron chi connectivity index (χ3n) is 7.48. The molecule has 1 N–H and O–H groups in total. The van der Waals surface area contributed by atoms with Crippen molar-refractivity contribution in [3.05, 3.63) is 54.4 Å². The first-order valence-electron chi connectivity index (χ1n) is 12.4. The van der Waals surface area contributed by atoms with Gasteiger partial charge in [-0.3, -0.25) is 0 Å². The monoisotopic (exact) mass is 492 g/mol. The van der Waals surface area contributed by atoms with Crippen LogP contribution in [0.3, 0.4) is 0 Å². The number of amides is 1.